The highest BCUT2D eigenvalue weighted by Crippen LogP contribution is 2.29. The number of nitrogens with zero attached hydrogens (tertiary/aromatic N) is 1. The molecule has 2 aromatic carbocycles. The van der Waals surface area contributed by atoms with E-state index in [-0.39, 0.29) is 22.2 Å². The second-order valence-corrected chi connectivity index (χ2v) is 6.81. The van der Waals surface area contributed by atoms with E-state index < -0.39 is 10.0 Å². The lowest BCUT2D eigenvalue weighted by Crippen LogP contribution is -2.26. The van der Waals surface area contributed by atoms with E-state index in [1.807, 2.05) is 0 Å². The molecular formula is C14H15ClN2O3S. The summed E-state index contributed by atoms with van der Waals surface area (Å²) in [4.78, 5) is -0.00721. The molecule has 0 aromatic heterocycles. The third-order valence-electron chi connectivity index (χ3n) is 3.06. The van der Waals surface area contributed by atoms with Gasteiger partial charge in [-0.1, -0.05) is 23.7 Å². The lowest BCUT2D eigenvalue weighted by atomic mass is 10.2. The highest BCUT2D eigenvalue weighted by atomic mass is 35.5. The minimum absolute atomic E-state index is 0.00721. The Morgan fingerprint density at radius 3 is 2.52 bits per heavy atom. The van der Waals surface area contributed by atoms with Gasteiger partial charge in [-0.3, -0.25) is 4.31 Å². The quantitative estimate of drug-likeness (QED) is 0.903. The van der Waals surface area contributed by atoms with Crippen molar-refractivity contribution in [3.8, 4) is 5.75 Å². The van der Waals surface area contributed by atoms with Crippen LogP contribution in [0.2, 0.25) is 5.02 Å². The van der Waals surface area contributed by atoms with Crippen molar-refractivity contribution in [3.63, 3.8) is 0 Å². The Balaban J connectivity index is 2.47. The number of anilines is 1. The molecule has 0 aliphatic carbocycles. The van der Waals surface area contributed by atoms with Crippen LogP contribution in [0.15, 0.2) is 47.4 Å². The summed E-state index contributed by atoms with van der Waals surface area (Å²) >= 11 is 6.04. The van der Waals surface area contributed by atoms with Crippen molar-refractivity contribution in [2.75, 3.05) is 11.4 Å². The fraction of sp³-hybridized carbons (Fsp3) is 0.143. The average Bonchev–Trinajstić information content (AvgIpc) is 2.45. The Morgan fingerprint density at radius 1 is 1.24 bits per heavy atom. The zero-order valence-electron chi connectivity index (χ0n) is 11.3. The largest absolute Gasteiger partial charge is 0.508 e. The van der Waals surface area contributed by atoms with Crippen molar-refractivity contribution in [2.24, 2.45) is 5.73 Å². The van der Waals surface area contributed by atoms with Crippen molar-refractivity contribution < 1.29 is 13.5 Å². The summed E-state index contributed by atoms with van der Waals surface area (Å²) in [7, 11) is -2.41. The van der Waals surface area contributed by atoms with Gasteiger partial charge in [0.05, 0.1) is 10.7 Å². The van der Waals surface area contributed by atoms with Crippen molar-refractivity contribution in [3.05, 3.63) is 53.1 Å². The molecule has 5 nitrogen and oxygen atoms in total. The van der Waals surface area contributed by atoms with Crippen LogP contribution >= 0.6 is 11.6 Å². The van der Waals surface area contributed by atoms with Crippen molar-refractivity contribution in [1.29, 1.82) is 0 Å². The number of hydrogen-bond donors (Lipinski definition) is 2. The van der Waals surface area contributed by atoms with E-state index in [1.54, 1.807) is 18.2 Å². The molecule has 0 atom stereocenters. The molecular weight excluding hydrogens is 312 g/mol. The summed E-state index contributed by atoms with van der Waals surface area (Å²) in [6.07, 6.45) is 0. The number of rotatable bonds is 4. The van der Waals surface area contributed by atoms with E-state index in [2.05, 4.69) is 0 Å². The summed E-state index contributed by atoms with van der Waals surface area (Å²) < 4.78 is 26.3. The fourth-order valence-electron chi connectivity index (χ4n) is 1.86. The number of phenols is 1. The van der Waals surface area contributed by atoms with Crippen LogP contribution in [-0.4, -0.2) is 20.6 Å². The van der Waals surface area contributed by atoms with Gasteiger partial charge in [0.2, 0.25) is 0 Å². The maximum Gasteiger partial charge on any atom is 0.265 e. The first-order chi connectivity index (χ1) is 9.86. The first-order valence-electron chi connectivity index (χ1n) is 6.12. The van der Waals surface area contributed by atoms with Crippen molar-refractivity contribution >= 4 is 27.3 Å². The topological polar surface area (TPSA) is 83.6 Å². The number of benzene rings is 2. The van der Waals surface area contributed by atoms with E-state index >= 15 is 0 Å². The van der Waals surface area contributed by atoms with Crippen LogP contribution in [0, 0.1) is 0 Å². The predicted octanol–water partition coefficient (Wildman–Crippen LogP) is 2.33. The standard InChI is InChI=1S/C14H15ClN2O3S/c1-17(11-3-2-4-12(18)8-11)21(19,20)14-6-5-10(9-16)7-13(14)15/h2-8,18H,9,16H2,1H3. The second-order valence-electron chi connectivity index (χ2n) is 4.46. The predicted molar refractivity (Wildman–Crippen MR) is 83.0 cm³/mol. The molecule has 21 heavy (non-hydrogen) atoms. The Bertz CT molecular complexity index is 763. The molecule has 7 heteroatoms. The normalized spacial score (nSPS) is 11.4. The van der Waals surface area contributed by atoms with Gasteiger partial charge in [-0.25, -0.2) is 8.42 Å². The molecule has 0 heterocycles. The van der Waals surface area contributed by atoms with Gasteiger partial charge in [0.1, 0.15) is 10.6 Å². The van der Waals surface area contributed by atoms with E-state index in [1.165, 1.54) is 31.3 Å². The average molecular weight is 327 g/mol. The summed E-state index contributed by atoms with van der Waals surface area (Å²) in [5.74, 6) is -0.0147. The number of sulfonamides is 1. The van der Waals surface area contributed by atoms with Gasteiger partial charge >= 0.3 is 0 Å². The molecule has 2 aromatic rings. The van der Waals surface area contributed by atoms with Crippen LogP contribution < -0.4 is 10.0 Å². The van der Waals surface area contributed by atoms with Gasteiger partial charge in [-0.05, 0) is 29.8 Å². The molecule has 0 fully saturated rings. The van der Waals surface area contributed by atoms with Gasteiger partial charge in [0.25, 0.3) is 10.0 Å². The van der Waals surface area contributed by atoms with Crippen LogP contribution in [-0.2, 0) is 16.6 Å². The van der Waals surface area contributed by atoms with Gasteiger partial charge in [-0.2, -0.15) is 0 Å². The molecule has 3 N–H and O–H groups in total. The van der Waals surface area contributed by atoms with Crippen molar-refractivity contribution in [1.82, 2.24) is 0 Å². The molecule has 0 amide bonds. The maximum absolute atomic E-state index is 12.6. The Kier molecular flexibility index (Phi) is 4.41. The van der Waals surface area contributed by atoms with Gasteiger partial charge in [0, 0.05) is 19.7 Å². The molecule has 0 bridgehead atoms. The van der Waals surface area contributed by atoms with Gasteiger partial charge in [-0.15, -0.1) is 0 Å². The monoisotopic (exact) mass is 326 g/mol. The van der Waals surface area contributed by atoms with Crippen LogP contribution in [0.3, 0.4) is 0 Å². The molecule has 0 aliphatic rings. The van der Waals surface area contributed by atoms with Crippen molar-refractivity contribution in [2.45, 2.75) is 11.4 Å². The third kappa shape index (κ3) is 3.12. The molecule has 0 unspecified atom stereocenters. The van der Waals surface area contributed by atoms with E-state index in [0.717, 1.165) is 9.87 Å². The van der Waals surface area contributed by atoms with E-state index in [0.29, 0.717) is 5.69 Å². The summed E-state index contributed by atoms with van der Waals surface area (Å²) in [6, 6.07) is 10.6. The van der Waals surface area contributed by atoms with Crippen LogP contribution in [0.25, 0.3) is 0 Å². The number of aromatic hydroxyl groups is 1. The number of hydrogen-bond acceptors (Lipinski definition) is 4. The van der Waals surface area contributed by atoms with Gasteiger partial charge in [0.15, 0.2) is 0 Å². The molecule has 0 saturated heterocycles. The maximum atomic E-state index is 12.6. The molecule has 0 spiro atoms. The summed E-state index contributed by atoms with van der Waals surface area (Å²) in [5, 5.41) is 9.58. The first-order valence-corrected chi connectivity index (χ1v) is 7.94. The molecule has 0 radical (unpaired) electrons. The summed E-state index contributed by atoms with van der Waals surface area (Å²) in [6.45, 7) is 0.280. The SMILES string of the molecule is CN(c1cccc(O)c1)S(=O)(=O)c1ccc(CN)cc1Cl. The minimum Gasteiger partial charge on any atom is -0.508 e. The van der Waals surface area contributed by atoms with E-state index in [4.69, 9.17) is 17.3 Å². The smallest absolute Gasteiger partial charge is 0.265 e. The number of halogens is 1. The second kappa shape index (κ2) is 5.93. The van der Waals surface area contributed by atoms with Gasteiger partial charge < -0.3 is 10.8 Å². The Morgan fingerprint density at radius 2 is 1.95 bits per heavy atom. The third-order valence-corrected chi connectivity index (χ3v) is 5.33. The van der Waals surface area contributed by atoms with Crippen LogP contribution in [0.1, 0.15) is 5.56 Å². The lowest BCUT2D eigenvalue weighted by molar-refractivity contribution is 0.475. The first kappa shape index (κ1) is 15.6. The zero-order valence-corrected chi connectivity index (χ0v) is 12.9. The lowest BCUT2D eigenvalue weighted by Gasteiger charge is -2.20. The molecule has 2 rings (SSSR count). The number of phenolic OH excluding ortho intramolecular Hbond substituents is 1. The highest BCUT2D eigenvalue weighted by Gasteiger charge is 2.24. The highest BCUT2D eigenvalue weighted by molar-refractivity contribution is 7.93. The number of nitrogens with two attached hydrogens (primary N) is 1. The Hall–Kier alpha value is -1.76. The minimum atomic E-state index is -3.81. The zero-order chi connectivity index (χ0) is 15.6. The molecule has 0 saturated carbocycles. The fourth-order valence-corrected chi connectivity index (χ4v) is 3.58. The van der Waals surface area contributed by atoms with Crippen LogP contribution in [0.4, 0.5) is 5.69 Å². The Labute approximate surface area is 128 Å². The van der Waals surface area contributed by atoms with E-state index in [9.17, 15) is 13.5 Å². The van der Waals surface area contributed by atoms with Crippen LogP contribution in [0.5, 0.6) is 5.75 Å². The molecule has 112 valence electrons. The molecule has 0 aliphatic heterocycles. The summed E-state index contributed by atoms with van der Waals surface area (Å²) in [5.41, 5.74) is 6.59.